The number of nitrogens with zero attached hydrogens (tertiary/aromatic N) is 5. The van der Waals surface area contributed by atoms with Crippen LogP contribution < -0.4 is 4.90 Å². The molecule has 1 aliphatic rings. The van der Waals surface area contributed by atoms with E-state index in [0.717, 1.165) is 0 Å². The second kappa shape index (κ2) is 7.99. The molecule has 0 N–H and O–H groups in total. The molecule has 0 unspecified atom stereocenters. The Kier molecular flexibility index (Phi) is 5.50. The molecule has 2 aromatic heterocycles. The van der Waals surface area contributed by atoms with Gasteiger partial charge in [0.1, 0.15) is 0 Å². The highest BCUT2D eigenvalue weighted by Gasteiger charge is 2.25. The third kappa shape index (κ3) is 3.68. The maximum atomic E-state index is 12.3. The van der Waals surface area contributed by atoms with Crippen molar-refractivity contribution in [3.05, 3.63) is 42.1 Å². The van der Waals surface area contributed by atoms with Gasteiger partial charge in [-0.15, -0.1) is 0 Å². The summed E-state index contributed by atoms with van der Waals surface area (Å²) in [5, 5.41) is 0. The van der Waals surface area contributed by atoms with Gasteiger partial charge in [0.05, 0.1) is 11.8 Å². The Balaban J connectivity index is 1.59. The van der Waals surface area contributed by atoms with Gasteiger partial charge in [-0.05, 0) is 26.0 Å². The summed E-state index contributed by atoms with van der Waals surface area (Å²) in [4.78, 5) is 38.8. The molecular weight excluding hydrogens is 334 g/mol. The van der Waals surface area contributed by atoms with E-state index < -0.39 is 0 Å². The van der Waals surface area contributed by atoms with Crippen molar-refractivity contribution < 1.29 is 14.0 Å². The number of aromatic nitrogens is 2. The van der Waals surface area contributed by atoms with Crippen LogP contribution in [-0.4, -0.2) is 70.9 Å². The van der Waals surface area contributed by atoms with Crippen molar-refractivity contribution in [2.24, 2.45) is 0 Å². The summed E-state index contributed by atoms with van der Waals surface area (Å²) >= 11 is 0. The fraction of sp³-hybridized carbons (Fsp3) is 0.444. The van der Waals surface area contributed by atoms with E-state index in [1.54, 1.807) is 34.3 Å². The van der Waals surface area contributed by atoms with Gasteiger partial charge in [-0.25, -0.2) is 9.97 Å². The zero-order valence-electron chi connectivity index (χ0n) is 15.1. The molecule has 0 aromatic carbocycles. The zero-order valence-corrected chi connectivity index (χ0v) is 15.1. The van der Waals surface area contributed by atoms with Crippen LogP contribution in [0.25, 0.3) is 0 Å². The molecule has 1 fully saturated rings. The predicted octanol–water partition coefficient (Wildman–Crippen LogP) is 1.51. The quantitative estimate of drug-likeness (QED) is 0.807. The molecule has 3 heterocycles. The van der Waals surface area contributed by atoms with Gasteiger partial charge in [0, 0.05) is 51.7 Å². The van der Waals surface area contributed by atoms with E-state index in [2.05, 4.69) is 9.97 Å². The van der Waals surface area contributed by atoms with Crippen LogP contribution in [0.4, 0.5) is 5.95 Å². The van der Waals surface area contributed by atoms with Crippen LogP contribution in [0.5, 0.6) is 0 Å². The van der Waals surface area contributed by atoms with E-state index >= 15 is 0 Å². The average molecular weight is 357 g/mol. The number of anilines is 1. The molecule has 3 rings (SSSR count). The van der Waals surface area contributed by atoms with E-state index in [1.165, 1.54) is 6.26 Å². The van der Waals surface area contributed by atoms with Gasteiger partial charge in [-0.2, -0.15) is 0 Å². The number of piperazine rings is 1. The molecule has 0 atom stereocenters. The first kappa shape index (κ1) is 17.9. The van der Waals surface area contributed by atoms with Crippen LogP contribution in [0.15, 0.2) is 35.2 Å². The lowest BCUT2D eigenvalue weighted by molar-refractivity contribution is 0.0713. The summed E-state index contributed by atoms with van der Waals surface area (Å²) in [6.07, 6.45) is 4.64. The largest absolute Gasteiger partial charge is 0.459 e. The van der Waals surface area contributed by atoms with Crippen LogP contribution >= 0.6 is 0 Å². The maximum absolute atomic E-state index is 12.3. The number of hydrogen-bond acceptors (Lipinski definition) is 6. The highest BCUT2D eigenvalue weighted by atomic mass is 16.3. The van der Waals surface area contributed by atoms with E-state index in [4.69, 9.17) is 4.42 Å². The van der Waals surface area contributed by atoms with Gasteiger partial charge in [-0.3, -0.25) is 9.59 Å². The number of furan rings is 1. The van der Waals surface area contributed by atoms with Crippen LogP contribution in [0, 0.1) is 0 Å². The maximum Gasteiger partial charge on any atom is 0.289 e. The summed E-state index contributed by atoms with van der Waals surface area (Å²) < 4.78 is 5.17. The second-order valence-electron chi connectivity index (χ2n) is 6.01. The van der Waals surface area contributed by atoms with Crippen LogP contribution in [0.1, 0.15) is 34.8 Å². The van der Waals surface area contributed by atoms with Gasteiger partial charge in [-0.1, -0.05) is 0 Å². The van der Waals surface area contributed by atoms with E-state index in [1.807, 2.05) is 18.7 Å². The summed E-state index contributed by atoms with van der Waals surface area (Å²) in [5.41, 5.74) is 0.490. The Hall–Kier alpha value is -2.90. The topological polar surface area (TPSA) is 82.8 Å². The minimum absolute atomic E-state index is 0.0598. The summed E-state index contributed by atoms with van der Waals surface area (Å²) in [5.74, 6) is 0.770. The van der Waals surface area contributed by atoms with Gasteiger partial charge in [0.15, 0.2) is 5.76 Å². The molecule has 138 valence electrons. The molecule has 8 heteroatoms. The first-order chi connectivity index (χ1) is 12.6. The lowest BCUT2D eigenvalue weighted by Crippen LogP contribution is -2.49. The number of amides is 2. The molecule has 2 amide bonds. The Morgan fingerprint density at radius 1 is 1.12 bits per heavy atom. The second-order valence-corrected chi connectivity index (χ2v) is 6.01. The molecule has 2 aromatic rings. The van der Waals surface area contributed by atoms with Gasteiger partial charge in [0.2, 0.25) is 5.95 Å². The number of rotatable bonds is 5. The molecule has 26 heavy (non-hydrogen) atoms. The van der Waals surface area contributed by atoms with Gasteiger partial charge in [0.25, 0.3) is 11.8 Å². The SMILES string of the molecule is CCN(CC)C(=O)c1cnc(N2CCN(C(=O)c3ccco3)CC2)nc1. The highest BCUT2D eigenvalue weighted by Crippen LogP contribution is 2.14. The lowest BCUT2D eigenvalue weighted by atomic mass is 10.2. The van der Waals surface area contributed by atoms with E-state index in [9.17, 15) is 9.59 Å². The van der Waals surface area contributed by atoms with Crippen molar-refractivity contribution >= 4 is 17.8 Å². The predicted molar refractivity (Wildman–Crippen MR) is 96.1 cm³/mol. The molecule has 0 saturated carbocycles. The molecular formula is C18H23N5O3. The van der Waals surface area contributed by atoms with Crippen LogP contribution in [0.2, 0.25) is 0 Å². The summed E-state index contributed by atoms with van der Waals surface area (Å²) in [6.45, 7) is 7.61. The third-order valence-corrected chi connectivity index (χ3v) is 4.52. The number of carbonyl (C=O) groups is 2. The number of carbonyl (C=O) groups excluding carboxylic acids is 2. The van der Waals surface area contributed by atoms with Crippen molar-refractivity contribution in [2.45, 2.75) is 13.8 Å². The fourth-order valence-electron chi connectivity index (χ4n) is 2.95. The molecule has 0 radical (unpaired) electrons. The minimum atomic E-state index is -0.101. The van der Waals surface area contributed by atoms with Gasteiger partial charge >= 0.3 is 0 Å². The van der Waals surface area contributed by atoms with Crippen molar-refractivity contribution in [2.75, 3.05) is 44.2 Å². The standard InChI is InChI=1S/C18H23N5O3/c1-3-21(4-2)16(24)14-12-19-18(20-13-14)23-9-7-22(8-10-23)17(25)15-6-5-11-26-15/h5-6,11-13H,3-4,7-10H2,1-2H3. The van der Waals surface area contributed by atoms with E-state index in [-0.39, 0.29) is 11.8 Å². The zero-order chi connectivity index (χ0) is 18.5. The van der Waals surface area contributed by atoms with Gasteiger partial charge < -0.3 is 19.1 Å². The first-order valence-corrected chi connectivity index (χ1v) is 8.83. The normalized spacial score (nSPS) is 14.4. The lowest BCUT2D eigenvalue weighted by Gasteiger charge is -2.34. The van der Waals surface area contributed by atoms with Crippen molar-refractivity contribution in [3.8, 4) is 0 Å². The summed E-state index contributed by atoms with van der Waals surface area (Å²) in [7, 11) is 0. The highest BCUT2D eigenvalue weighted by molar-refractivity contribution is 5.93. The Labute approximate surface area is 152 Å². The summed E-state index contributed by atoms with van der Waals surface area (Å²) in [6, 6.07) is 3.38. The third-order valence-electron chi connectivity index (χ3n) is 4.52. The van der Waals surface area contributed by atoms with E-state index in [0.29, 0.717) is 56.5 Å². The minimum Gasteiger partial charge on any atom is -0.459 e. The monoisotopic (exact) mass is 357 g/mol. The molecule has 0 aliphatic carbocycles. The smallest absolute Gasteiger partial charge is 0.289 e. The van der Waals surface area contributed by atoms with Crippen LogP contribution in [-0.2, 0) is 0 Å². The molecule has 1 aliphatic heterocycles. The fourth-order valence-corrected chi connectivity index (χ4v) is 2.95. The Morgan fingerprint density at radius 2 is 1.77 bits per heavy atom. The molecule has 0 spiro atoms. The molecule has 1 saturated heterocycles. The van der Waals surface area contributed by atoms with Crippen molar-refractivity contribution in [1.82, 2.24) is 19.8 Å². The molecule has 8 nitrogen and oxygen atoms in total. The van der Waals surface area contributed by atoms with Crippen molar-refractivity contribution in [3.63, 3.8) is 0 Å². The first-order valence-electron chi connectivity index (χ1n) is 8.83. The molecule has 0 bridgehead atoms. The van der Waals surface area contributed by atoms with Crippen molar-refractivity contribution in [1.29, 1.82) is 0 Å². The Morgan fingerprint density at radius 3 is 2.31 bits per heavy atom. The van der Waals surface area contributed by atoms with Crippen LogP contribution in [0.3, 0.4) is 0 Å². The Bertz CT molecular complexity index is 733. The average Bonchev–Trinajstić information content (AvgIpc) is 3.23. The number of hydrogen-bond donors (Lipinski definition) is 0.